The summed E-state index contributed by atoms with van der Waals surface area (Å²) in [7, 11) is 0. The van der Waals surface area contributed by atoms with Gasteiger partial charge in [0.15, 0.2) is 17.9 Å². The molecule has 0 atom stereocenters. The highest BCUT2D eigenvalue weighted by atomic mass is 16.4. The fraction of sp³-hybridized carbons (Fsp3) is 0.583. The smallest absolute Gasteiger partial charge is 0.196 e. The molecule has 1 aliphatic carbocycles. The van der Waals surface area contributed by atoms with E-state index in [0.717, 1.165) is 24.6 Å². The van der Waals surface area contributed by atoms with Gasteiger partial charge in [0, 0.05) is 18.7 Å². The molecule has 15 heavy (non-hydrogen) atoms. The van der Waals surface area contributed by atoms with E-state index in [1.165, 1.54) is 25.7 Å². The molecule has 1 aromatic rings. The van der Waals surface area contributed by atoms with Crippen molar-refractivity contribution in [3.63, 3.8) is 0 Å². The molecule has 3 heterocycles. The number of aldehydes is 1. The Kier molecular flexibility index (Phi) is 2.04. The quantitative estimate of drug-likeness (QED) is 0.695. The van der Waals surface area contributed by atoms with E-state index in [4.69, 9.17) is 4.42 Å². The predicted octanol–water partition coefficient (Wildman–Crippen LogP) is 2.47. The molecule has 3 nitrogen and oxygen atoms in total. The second kappa shape index (κ2) is 3.40. The molecule has 2 bridgehead atoms. The first-order chi connectivity index (χ1) is 7.36. The van der Waals surface area contributed by atoms with Crippen molar-refractivity contribution in [2.45, 2.75) is 31.7 Å². The number of hydrogen-bond donors (Lipinski definition) is 0. The maximum absolute atomic E-state index is 10.6. The molecule has 0 radical (unpaired) electrons. The Labute approximate surface area is 89.1 Å². The summed E-state index contributed by atoms with van der Waals surface area (Å²) >= 11 is 0. The van der Waals surface area contributed by atoms with Crippen LogP contribution in [0.4, 0.5) is 5.88 Å². The fourth-order valence-electron chi connectivity index (χ4n) is 2.90. The van der Waals surface area contributed by atoms with Crippen molar-refractivity contribution in [2.24, 2.45) is 5.92 Å². The van der Waals surface area contributed by atoms with E-state index >= 15 is 0 Å². The first-order valence-electron chi connectivity index (χ1n) is 5.68. The normalized spacial score (nSPS) is 29.5. The lowest BCUT2D eigenvalue weighted by Gasteiger charge is -2.45. The largest absolute Gasteiger partial charge is 0.438 e. The van der Waals surface area contributed by atoms with E-state index < -0.39 is 0 Å². The molecular formula is C12H15NO2. The lowest BCUT2D eigenvalue weighted by molar-refractivity contribution is 0.110. The Balaban J connectivity index is 1.84. The Morgan fingerprint density at radius 2 is 2.07 bits per heavy atom. The zero-order valence-electron chi connectivity index (χ0n) is 8.69. The number of rotatable bonds is 2. The second-order valence-corrected chi connectivity index (χ2v) is 4.62. The van der Waals surface area contributed by atoms with Crippen LogP contribution in [0.2, 0.25) is 0 Å². The van der Waals surface area contributed by atoms with Crippen molar-refractivity contribution >= 4 is 12.2 Å². The predicted molar refractivity (Wildman–Crippen MR) is 57.2 cm³/mol. The van der Waals surface area contributed by atoms with Crippen molar-refractivity contribution in [2.75, 3.05) is 11.4 Å². The van der Waals surface area contributed by atoms with Gasteiger partial charge in [-0.05, 0) is 37.7 Å². The van der Waals surface area contributed by atoms with E-state index in [9.17, 15) is 4.79 Å². The molecule has 3 heteroatoms. The SMILES string of the molecule is O=Cc1ccc(N2CC3CCC2CC3)o1. The molecule has 0 aromatic carbocycles. The molecule has 0 spiro atoms. The van der Waals surface area contributed by atoms with Crippen molar-refractivity contribution in [1.82, 2.24) is 0 Å². The van der Waals surface area contributed by atoms with Gasteiger partial charge in [-0.2, -0.15) is 0 Å². The number of carbonyl (C=O) groups excluding carboxylic acids is 1. The zero-order chi connectivity index (χ0) is 10.3. The summed E-state index contributed by atoms with van der Waals surface area (Å²) in [5, 5.41) is 0. The van der Waals surface area contributed by atoms with E-state index in [0.29, 0.717) is 11.8 Å². The second-order valence-electron chi connectivity index (χ2n) is 4.62. The molecule has 1 aromatic heterocycles. The summed E-state index contributed by atoms with van der Waals surface area (Å²) in [4.78, 5) is 12.9. The molecule has 2 saturated heterocycles. The molecule has 1 saturated carbocycles. The lowest BCUT2D eigenvalue weighted by Crippen LogP contribution is -2.48. The number of nitrogens with zero attached hydrogens (tertiary/aromatic N) is 1. The van der Waals surface area contributed by atoms with Crippen molar-refractivity contribution < 1.29 is 9.21 Å². The summed E-state index contributed by atoms with van der Waals surface area (Å²) < 4.78 is 5.48. The minimum Gasteiger partial charge on any atom is -0.438 e. The van der Waals surface area contributed by atoms with Crippen LogP contribution in [0.5, 0.6) is 0 Å². The Morgan fingerprint density at radius 1 is 1.27 bits per heavy atom. The Bertz CT molecular complexity index is 363. The molecule has 2 aliphatic heterocycles. The minimum atomic E-state index is 0.437. The van der Waals surface area contributed by atoms with Gasteiger partial charge in [0.2, 0.25) is 0 Å². The van der Waals surface area contributed by atoms with E-state index in [-0.39, 0.29) is 0 Å². The average molecular weight is 205 g/mol. The Hall–Kier alpha value is -1.25. The molecule has 0 unspecified atom stereocenters. The lowest BCUT2D eigenvalue weighted by atomic mass is 9.80. The van der Waals surface area contributed by atoms with Gasteiger partial charge in [0.05, 0.1) is 0 Å². The summed E-state index contributed by atoms with van der Waals surface area (Å²) in [6, 6.07) is 4.32. The highest BCUT2D eigenvalue weighted by Gasteiger charge is 2.34. The van der Waals surface area contributed by atoms with E-state index in [1.807, 2.05) is 6.07 Å². The average Bonchev–Trinajstić information content (AvgIpc) is 2.79. The highest BCUT2D eigenvalue weighted by molar-refractivity contribution is 5.71. The van der Waals surface area contributed by atoms with Gasteiger partial charge in [-0.25, -0.2) is 0 Å². The molecule has 0 amide bonds. The summed E-state index contributed by atoms with van der Waals surface area (Å²) in [5.41, 5.74) is 0. The molecule has 4 rings (SSSR count). The van der Waals surface area contributed by atoms with Crippen molar-refractivity contribution in [3.8, 4) is 0 Å². The monoisotopic (exact) mass is 205 g/mol. The molecule has 0 N–H and O–H groups in total. The number of piperidine rings is 2. The number of furan rings is 1. The van der Waals surface area contributed by atoms with E-state index in [1.54, 1.807) is 6.07 Å². The van der Waals surface area contributed by atoms with Crippen LogP contribution in [0, 0.1) is 5.92 Å². The Morgan fingerprint density at radius 3 is 2.60 bits per heavy atom. The summed E-state index contributed by atoms with van der Waals surface area (Å²) in [5.74, 6) is 2.15. The van der Waals surface area contributed by atoms with Crippen LogP contribution in [0.1, 0.15) is 36.2 Å². The third-order valence-corrected chi connectivity index (χ3v) is 3.72. The van der Waals surface area contributed by atoms with Crippen LogP contribution >= 0.6 is 0 Å². The summed E-state index contributed by atoms with van der Waals surface area (Å²) in [6.07, 6.45) is 6.06. The third-order valence-electron chi connectivity index (χ3n) is 3.72. The number of hydrogen-bond acceptors (Lipinski definition) is 3. The maximum Gasteiger partial charge on any atom is 0.196 e. The first kappa shape index (κ1) is 9.01. The topological polar surface area (TPSA) is 33.5 Å². The number of fused-ring (bicyclic) bond motifs is 3. The molecule has 3 fully saturated rings. The van der Waals surface area contributed by atoms with Crippen LogP contribution in [0.15, 0.2) is 16.5 Å². The van der Waals surface area contributed by atoms with Crippen LogP contribution in [-0.4, -0.2) is 18.9 Å². The maximum atomic E-state index is 10.6. The van der Waals surface area contributed by atoms with Crippen LogP contribution < -0.4 is 4.90 Å². The highest BCUT2D eigenvalue weighted by Crippen LogP contribution is 2.38. The van der Waals surface area contributed by atoms with Crippen molar-refractivity contribution in [3.05, 3.63) is 17.9 Å². The first-order valence-corrected chi connectivity index (χ1v) is 5.68. The van der Waals surface area contributed by atoms with Gasteiger partial charge in [-0.3, -0.25) is 4.79 Å². The molecule has 3 aliphatic rings. The fourth-order valence-corrected chi connectivity index (χ4v) is 2.90. The van der Waals surface area contributed by atoms with E-state index in [2.05, 4.69) is 4.90 Å². The van der Waals surface area contributed by atoms with Gasteiger partial charge >= 0.3 is 0 Å². The molecule has 80 valence electrons. The van der Waals surface area contributed by atoms with Gasteiger partial charge in [-0.1, -0.05) is 0 Å². The van der Waals surface area contributed by atoms with Crippen molar-refractivity contribution in [1.29, 1.82) is 0 Å². The number of carbonyl (C=O) groups is 1. The van der Waals surface area contributed by atoms with Crippen LogP contribution in [-0.2, 0) is 0 Å². The van der Waals surface area contributed by atoms with Crippen LogP contribution in [0.3, 0.4) is 0 Å². The summed E-state index contributed by atoms with van der Waals surface area (Å²) in [6.45, 7) is 1.11. The minimum absolute atomic E-state index is 0.437. The van der Waals surface area contributed by atoms with Gasteiger partial charge < -0.3 is 9.32 Å². The van der Waals surface area contributed by atoms with Crippen LogP contribution in [0.25, 0.3) is 0 Å². The zero-order valence-corrected chi connectivity index (χ0v) is 8.69. The number of anilines is 1. The van der Waals surface area contributed by atoms with Gasteiger partial charge in [0.1, 0.15) is 0 Å². The van der Waals surface area contributed by atoms with Gasteiger partial charge in [0.25, 0.3) is 0 Å². The molecular weight excluding hydrogens is 190 g/mol. The van der Waals surface area contributed by atoms with Gasteiger partial charge in [-0.15, -0.1) is 0 Å². The standard InChI is InChI=1S/C12H15NO2/c14-8-11-5-6-12(15-11)13-7-9-1-3-10(13)4-2-9/h5-6,8-10H,1-4,7H2. The third kappa shape index (κ3) is 1.46.